The van der Waals surface area contributed by atoms with E-state index >= 15 is 0 Å². The predicted octanol–water partition coefficient (Wildman–Crippen LogP) is 1.26. The van der Waals surface area contributed by atoms with Gasteiger partial charge in [0.1, 0.15) is 10.7 Å². The van der Waals surface area contributed by atoms with Gasteiger partial charge in [0.2, 0.25) is 6.79 Å². The Balaban J connectivity index is 1.63. The van der Waals surface area contributed by atoms with Crippen molar-refractivity contribution in [3.8, 4) is 11.5 Å². The van der Waals surface area contributed by atoms with Gasteiger partial charge in [-0.1, -0.05) is 6.07 Å². The Kier molecular flexibility index (Phi) is 3.53. The quantitative estimate of drug-likeness (QED) is 0.885. The van der Waals surface area contributed by atoms with Gasteiger partial charge < -0.3 is 20.5 Å². The van der Waals surface area contributed by atoms with E-state index in [1.165, 1.54) is 11.3 Å². The third-order valence-corrected chi connectivity index (χ3v) is 3.72. The van der Waals surface area contributed by atoms with Crippen LogP contribution in [-0.2, 0) is 13.1 Å². The number of nitrogens with zero attached hydrogens (tertiary/aromatic N) is 1. The number of thiazole rings is 1. The summed E-state index contributed by atoms with van der Waals surface area (Å²) in [7, 11) is 0. The number of rotatable bonds is 4. The number of carbonyl (C=O) groups excluding carboxylic acids is 1. The number of fused-ring (bicyclic) bond motifs is 1. The van der Waals surface area contributed by atoms with Crippen molar-refractivity contribution in [1.29, 1.82) is 0 Å². The number of hydrogen-bond acceptors (Lipinski definition) is 6. The van der Waals surface area contributed by atoms with Gasteiger partial charge in [0.15, 0.2) is 11.5 Å². The van der Waals surface area contributed by atoms with Crippen LogP contribution in [0.1, 0.15) is 21.1 Å². The monoisotopic (exact) mass is 291 g/mol. The molecule has 1 aromatic carbocycles. The molecule has 6 nitrogen and oxygen atoms in total. The van der Waals surface area contributed by atoms with Crippen molar-refractivity contribution < 1.29 is 14.3 Å². The molecule has 3 rings (SSSR count). The van der Waals surface area contributed by atoms with Crippen LogP contribution in [0.3, 0.4) is 0 Å². The molecule has 0 fully saturated rings. The highest BCUT2D eigenvalue weighted by molar-refractivity contribution is 7.09. The molecule has 0 aliphatic carbocycles. The topological polar surface area (TPSA) is 86.5 Å². The lowest BCUT2D eigenvalue weighted by atomic mass is 10.2. The zero-order valence-electron chi connectivity index (χ0n) is 10.6. The molecule has 104 valence electrons. The number of nitrogens with one attached hydrogen (secondary N) is 1. The average molecular weight is 291 g/mol. The van der Waals surface area contributed by atoms with Gasteiger partial charge in [0.05, 0.1) is 0 Å². The minimum absolute atomic E-state index is 0.210. The lowest BCUT2D eigenvalue weighted by Gasteiger charge is -2.04. The summed E-state index contributed by atoms with van der Waals surface area (Å²) in [4.78, 5) is 16.1. The second kappa shape index (κ2) is 5.48. The molecule has 0 radical (unpaired) electrons. The second-order valence-electron chi connectivity index (χ2n) is 4.20. The molecule has 2 aromatic rings. The summed E-state index contributed by atoms with van der Waals surface area (Å²) in [5, 5.41) is 5.27. The minimum Gasteiger partial charge on any atom is -0.454 e. The average Bonchev–Trinajstić information content (AvgIpc) is 3.12. The summed E-state index contributed by atoms with van der Waals surface area (Å²) < 4.78 is 10.5. The molecule has 2 heterocycles. The molecule has 1 aliphatic heterocycles. The van der Waals surface area contributed by atoms with E-state index in [0.717, 1.165) is 16.3 Å². The maximum Gasteiger partial charge on any atom is 0.271 e. The molecule has 0 spiro atoms. The highest BCUT2D eigenvalue weighted by atomic mass is 32.1. The van der Waals surface area contributed by atoms with E-state index in [2.05, 4.69) is 10.3 Å². The molecule has 0 atom stereocenters. The Bertz CT molecular complexity index is 642. The van der Waals surface area contributed by atoms with Gasteiger partial charge in [-0.15, -0.1) is 11.3 Å². The second-order valence-corrected chi connectivity index (χ2v) is 5.14. The molecule has 0 unspecified atom stereocenters. The maximum atomic E-state index is 11.9. The Hall–Kier alpha value is -2.12. The third-order valence-electron chi connectivity index (χ3n) is 2.85. The van der Waals surface area contributed by atoms with Crippen molar-refractivity contribution in [3.63, 3.8) is 0 Å². The summed E-state index contributed by atoms with van der Waals surface area (Å²) in [5.74, 6) is 1.22. The third kappa shape index (κ3) is 2.59. The van der Waals surface area contributed by atoms with Gasteiger partial charge in [-0.2, -0.15) is 0 Å². The van der Waals surface area contributed by atoms with E-state index in [1.807, 2.05) is 18.2 Å². The summed E-state index contributed by atoms with van der Waals surface area (Å²) in [6, 6.07) is 5.58. The SMILES string of the molecule is NCc1nc(C(=O)NCc2ccc3c(c2)OCO3)cs1. The van der Waals surface area contributed by atoms with Gasteiger partial charge >= 0.3 is 0 Å². The van der Waals surface area contributed by atoms with Gasteiger partial charge in [0, 0.05) is 18.5 Å². The molecular formula is C13H13N3O3S. The van der Waals surface area contributed by atoms with Crippen LogP contribution in [0, 0.1) is 0 Å². The fourth-order valence-corrected chi connectivity index (χ4v) is 2.49. The normalized spacial score (nSPS) is 12.4. The van der Waals surface area contributed by atoms with E-state index in [0.29, 0.717) is 24.5 Å². The van der Waals surface area contributed by atoms with E-state index in [1.54, 1.807) is 5.38 Å². The molecule has 0 saturated carbocycles. The van der Waals surface area contributed by atoms with Crippen LogP contribution in [0.2, 0.25) is 0 Å². The first-order valence-electron chi connectivity index (χ1n) is 6.07. The number of nitrogens with two attached hydrogens (primary N) is 1. The molecule has 0 bridgehead atoms. The molecule has 3 N–H and O–H groups in total. The Morgan fingerprint density at radius 2 is 2.25 bits per heavy atom. The minimum atomic E-state index is -0.210. The lowest BCUT2D eigenvalue weighted by Crippen LogP contribution is -2.23. The van der Waals surface area contributed by atoms with Crippen molar-refractivity contribution in [2.24, 2.45) is 5.73 Å². The zero-order chi connectivity index (χ0) is 13.9. The summed E-state index contributed by atoms with van der Waals surface area (Å²) >= 11 is 1.38. The Labute approximate surface area is 119 Å². The molecule has 0 saturated heterocycles. The van der Waals surface area contributed by atoms with Crippen LogP contribution in [0.4, 0.5) is 0 Å². The van der Waals surface area contributed by atoms with E-state index < -0.39 is 0 Å². The number of aromatic nitrogens is 1. The summed E-state index contributed by atoms with van der Waals surface area (Å²) in [5.41, 5.74) is 6.81. The number of hydrogen-bond donors (Lipinski definition) is 2. The van der Waals surface area contributed by atoms with Crippen LogP contribution in [0.5, 0.6) is 11.5 Å². The van der Waals surface area contributed by atoms with Gasteiger partial charge in [-0.25, -0.2) is 4.98 Å². The fourth-order valence-electron chi connectivity index (χ4n) is 1.83. The first kappa shape index (κ1) is 12.9. The Morgan fingerprint density at radius 1 is 1.40 bits per heavy atom. The fraction of sp³-hybridized carbons (Fsp3) is 0.231. The maximum absolute atomic E-state index is 11.9. The highest BCUT2D eigenvalue weighted by Gasteiger charge is 2.14. The summed E-state index contributed by atoms with van der Waals surface area (Å²) in [6.07, 6.45) is 0. The van der Waals surface area contributed by atoms with Crippen molar-refractivity contribution in [3.05, 3.63) is 39.8 Å². The van der Waals surface area contributed by atoms with Gasteiger partial charge in [0.25, 0.3) is 5.91 Å². The van der Waals surface area contributed by atoms with Crippen LogP contribution in [0.15, 0.2) is 23.6 Å². The van der Waals surface area contributed by atoms with Gasteiger partial charge in [-0.05, 0) is 17.7 Å². The first-order chi connectivity index (χ1) is 9.76. The zero-order valence-corrected chi connectivity index (χ0v) is 11.4. The van der Waals surface area contributed by atoms with Crippen molar-refractivity contribution in [2.75, 3.05) is 6.79 Å². The molecule has 1 aliphatic rings. The van der Waals surface area contributed by atoms with E-state index in [-0.39, 0.29) is 12.7 Å². The number of ether oxygens (including phenoxy) is 2. The molecule has 20 heavy (non-hydrogen) atoms. The van der Waals surface area contributed by atoms with Crippen molar-refractivity contribution in [1.82, 2.24) is 10.3 Å². The number of amides is 1. The van der Waals surface area contributed by atoms with E-state index in [9.17, 15) is 4.79 Å². The number of benzene rings is 1. The van der Waals surface area contributed by atoms with Gasteiger partial charge in [-0.3, -0.25) is 4.79 Å². The lowest BCUT2D eigenvalue weighted by molar-refractivity contribution is 0.0946. The largest absolute Gasteiger partial charge is 0.454 e. The predicted molar refractivity (Wildman–Crippen MR) is 73.7 cm³/mol. The van der Waals surface area contributed by atoms with Crippen molar-refractivity contribution >= 4 is 17.2 Å². The van der Waals surface area contributed by atoms with Crippen LogP contribution < -0.4 is 20.5 Å². The molecule has 1 aromatic heterocycles. The Morgan fingerprint density at radius 3 is 3.05 bits per heavy atom. The number of carbonyl (C=O) groups is 1. The first-order valence-corrected chi connectivity index (χ1v) is 6.95. The van der Waals surface area contributed by atoms with E-state index in [4.69, 9.17) is 15.2 Å². The highest BCUT2D eigenvalue weighted by Crippen LogP contribution is 2.32. The van der Waals surface area contributed by atoms with Crippen molar-refractivity contribution in [2.45, 2.75) is 13.1 Å². The summed E-state index contributed by atoms with van der Waals surface area (Å²) in [6.45, 7) is 0.997. The molecule has 7 heteroatoms. The van der Waals surface area contributed by atoms with Crippen LogP contribution >= 0.6 is 11.3 Å². The van der Waals surface area contributed by atoms with Crippen LogP contribution in [0.25, 0.3) is 0 Å². The standard InChI is InChI=1S/C13H13N3O3S/c14-4-12-16-9(6-20-12)13(17)15-5-8-1-2-10-11(3-8)19-7-18-10/h1-3,6H,4-5,7,14H2,(H,15,17). The van der Waals surface area contributed by atoms with Crippen LogP contribution in [-0.4, -0.2) is 17.7 Å². The molecule has 1 amide bonds. The smallest absolute Gasteiger partial charge is 0.271 e. The molecular weight excluding hydrogens is 278 g/mol.